The number of benzene rings is 2. The van der Waals surface area contributed by atoms with Gasteiger partial charge < -0.3 is 5.32 Å². The summed E-state index contributed by atoms with van der Waals surface area (Å²) in [6, 6.07) is 18.2. The summed E-state index contributed by atoms with van der Waals surface area (Å²) >= 11 is 0. The SMILES string of the molecule is Cc1ccc(C(c2ccc3cnccc3c2)N2CCNCC2)cc1. The molecule has 0 bridgehead atoms. The molecule has 1 saturated heterocycles. The number of piperazine rings is 1. The predicted molar refractivity (Wildman–Crippen MR) is 99.2 cm³/mol. The minimum Gasteiger partial charge on any atom is -0.314 e. The summed E-state index contributed by atoms with van der Waals surface area (Å²) in [6.45, 7) is 6.41. The van der Waals surface area contributed by atoms with Gasteiger partial charge in [0.05, 0.1) is 6.04 Å². The zero-order valence-corrected chi connectivity index (χ0v) is 14.1. The highest BCUT2D eigenvalue weighted by atomic mass is 15.2. The fraction of sp³-hybridized carbons (Fsp3) is 0.286. The maximum Gasteiger partial charge on any atom is 0.0602 e. The van der Waals surface area contributed by atoms with Crippen LogP contribution in [0.3, 0.4) is 0 Å². The molecule has 3 aromatic rings. The average Bonchev–Trinajstić information content (AvgIpc) is 2.64. The van der Waals surface area contributed by atoms with Crippen LogP contribution in [0.15, 0.2) is 60.9 Å². The second kappa shape index (κ2) is 6.71. The largest absolute Gasteiger partial charge is 0.314 e. The molecule has 4 rings (SSSR count). The quantitative estimate of drug-likeness (QED) is 0.801. The standard InChI is InChI=1S/C21H23N3/c1-16-2-4-17(5-3-16)21(24-12-10-22-11-13-24)19-6-7-20-15-23-9-8-18(20)14-19/h2-9,14-15,21-22H,10-13H2,1H3. The van der Waals surface area contributed by atoms with E-state index in [1.165, 1.54) is 27.5 Å². The molecule has 1 aromatic heterocycles. The molecule has 2 heterocycles. The van der Waals surface area contributed by atoms with Gasteiger partial charge in [-0.1, -0.05) is 42.0 Å². The van der Waals surface area contributed by atoms with Crippen molar-refractivity contribution in [3.05, 3.63) is 77.6 Å². The summed E-state index contributed by atoms with van der Waals surface area (Å²) < 4.78 is 0. The lowest BCUT2D eigenvalue weighted by Crippen LogP contribution is -2.45. The lowest BCUT2D eigenvalue weighted by Gasteiger charge is -2.35. The first-order chi connectivity index (χ1) is 11.8. The molecule has 3 nitrogen and oxygen atoms in total. The fourth-order valence-corrected chi connectivity index (χ4v) is 3.58. The van der Waals surface area contributed by atoms with Crippen molar-refractivity contribution in [2.75, 3.05) is 26.2 Å². The van der Waals surface area contributed by atoms with E-state index in [1.54, 1.807) is 0 Å². The molecule has 0 amide bonds. The van der Waals surface area contributed by atoms with Crippen molar-refractivity contribution >= 4 is 10.8 Å². The van der Waals surface area contributed by atoms with E-state index in [1.807, 2.05) is 12.4 Å². The highest BCUT2D eigenvalue weighted by Crippen LogP contribution is 2.31. The number of aromatic nitrogens is 1. The maximum atomic E-state index is 4.23. The Morgan fingerprint density at radius 2 is 1.67 bits per heavy atom. The predicted octanol–water partition coefficient (Wildman–Crippen LogP) is 3.54. The average molecular weight is 317 g/mol. The molecule has 3 heteroatoms. The minimum absolute atomic E-state index is 0.310. The number of pyridine rings is 1. The first kappa shape index (κ1) is 15.3. The van der Waals surface area contributed by atoms with Gasteiger partial charge in [-0.05, 0) is 35.6 Å². The summed E-state index contributed by atoms with van der Waals surface area (Å²) in [6.07, 6.45) is 3.81. The molecule has 1 fully saturated rings. The molecule has 2 aromatic carbocycles. The van der Waals surface area contributed by atoms with Crippen LogP contribution in [-0.4, -0.2) is 36.1 Å². The smallest absolute Gasteiger partial charge is 0.0602 e. The van der Waals surface area contributed by atoms with Crippen molar-refractivity contribution in [1.29, 1.82) is 0 Å². The second-order valence-electron chi connectivity index (χ2n) is 6.58. The lowest BCUT2D eigenvalue weighted by molar-refractivity contribution is 0.198. The zero-order valence-electron chi connectivity index (χ0n) is 14.1. The van der Waals surface area contributed by atoms with E-state index in [2.05, 4.69) is 70.7 Å². The van der Waals surface area contributed by atoms with E-state index in [0.29, 0.717) is 6.04 Å². The van der Waals surface area contributed by atoms with Crippen LogP contribution in [0.25, 0.3) is 10.8 Å². The molecule has 0 spiro atoms. The van der Waals surface area contributed by atoms with Gasteiger partial charge in [-0.15, -0.1) is 0 Å². The van der Waals surface area contributed by atoms with Crippen LogP contribution < -0.4 is 5.32 Å². The van der Waals surface area contributed by atoms with Crippen LogP contribution >= 0.6 is 0 Å². The van der Waals surface area contributed by atoms with Gasteiger partial charge >= 0.3 is 0 Å². The normalized spacial score (nSPS) is 17.0. The lowest BCUT2D eigenvalue weighted by atomic mass is 9.94. The number of nitrogens with one attached hydrogen (secondary N) is 1. The van der Waals surface area contributed by atoms with Crippen molar-refractivity contribution in [3.63, 3.8) is 0 Å². The summed E-state index contributed by atoms with van der Waals surface area (Å²) in [5, 5.41) is 5.92. The Balaban J connectivity index is 1.79. The molecule has 0 aliphatic carbocycles. The molecule has 0 radical (unpaired) electrons. The number of aryl methyl sites for hydroxylation is 1. The highest BCUT2D eigenvalue weighted by molar-refractivity contribution is 5.82. The Morgan fingerprint density at radius 1 is 0.917 bits per heavy atom. The van der Waals surface area contributed by atoms with E-state index in [0.717, 1.165) is 26.2 Å². The van der Waals surface area contributed by atoms with Crippen LogP contribution in [0, 0.1) is 6.92 Å². The Morgan fingerprint density at radius 3 is 2.46 bits per heavy atom. The zero-order chi connectivity index (χ0) is 16.4. The minimum atomic E-state index is 0.310. The van der Waals surface area contributed by atoms with Crippen molar-refractivity contribution in [2.45, 2.75) is 13.0 Å². The van der Waals surface area contributed by atoms with Crippen molar-refractivity contribution in [2.24, 2.45) is 0 Å². The molecule has 1 aliphatic rings. The Labute approximate surface area is 143 Å². The topological polar surface area (TPSA) is 28.2 Å². The van der Waals surface area contributed by atoms with Gasteiger partial charge in [-0.3, -0.25) is 9.88 Å². The summed E-state index contributed by atoms with van der Waals surface area (Å²) in [4.78, 5) is 6.81. The molecule has 122 valence electrons. The van der Waals surface area contributed by atoms with Gasteiger partial charge in [0.2, 0.25) is 0 Å². The van der Waals surface area contributed by atoms with Crippen molar-refractivity contribution in [1.82, 2.24) is 15.2 Å². The summed E-state index contributed by atoms with van der Waals surface area (Å²) in [5.41, 5.74) is 4.04. The molecule has 24 heavy (non-hydrogen) atoms. The Hall–Kier alpha value is -2.23. The molecule has 1 unspecified atom stereocenters. The van der Waals surface area contributed by atoms with E-state index >= 15 is 0 Å². The molecule has 1 aliphatic heterocycles. The molecular formula is C21H23N3. The van der Waals surface area contributed by atoms with E-state index in [-0.39, 0.29) is 0 Å². The third kappa shape index (κ3) is 3.05. The van der Waals surface area contributed by atoms with Gasteiger partial charge in [0, 0.05) is 44.0 Å². The third-order valence-electron chi connectivity index (χ3n) is 4.89. The number of nitrogens with zero attached hydrogens (tertiary/aromatic N) is 2. The van der Waals surface area contributed by atoms with Crippen LogP contribution in [0.1, 0.15) is 22.7 Å². The molecular weight excluding hydrogens is 294 g/mol. The number of rotatable bonds is 3. The van der Waals surface area contributed by atoms with Gasteiger partial charge in [-0.25, -0.2) is 0 Å². The summed E-state index contributed by atoms with van der Waals surface area (Å²) in [7, 11) is 0. The van der Waals surface area contributed by atoms with Crippen LogP contribution in [0.4, 0.5) is 0 Å². The highest BCUT2D eigenvalue weighted by Gasteiger charge is 2.23. The van der Waals surface area contributed by atoms with E-state index in [4.69, 9.17) is 0 Å². The first-order valence-corrected chi connectivity index (χ1v) is 8.66. The van der Waals surface area contributed by atoms with Crippen molar-refractivity contribution in [3.8, 4) is 0 Å². The van der Waals surface area contributed by atoms with Gasteiger partial charge in [0.25, 0.3) is 0 Å². The van der Waals surface area contributed by atoms with Gasteiger partial charge in [-0.2, -0.15) is 0 Å². The van der Waals surface area contributed by atoms with E-state index in [9.17, 15) is 0 Å². The van der Waals surface area contributed by atoms with Crippen LogP contribution in [-0.2, 0) is 0 Å². The van der Waals surface area contributed by atoms with E-state index < -0.39 is 0 Å². The molecule has 1 atom stereocenters. The summed E-state index contributed by atoms with van der Waals surface area (Å²) in [5.74, 6) is 0. The number of hydrogen-bond donors (Lipinski definition) is 1. The van der Waals surface area contributed by atoms with Gasteiger partial charge in [0.1, 0.15) is 0 Å². The number of hydrogen-bond acceptors (Lipinski definition) is 3. The van der Waals surface area contributed by atoms with Crippen molar-refractivity contribution < 1.29 is 0 Å². The monoisotopic (exact) mass is 317 g/mol. The fourth-order valence-electron chi connectivity index (χ4n) is 3.58. The molecule has 0 saturated carbocycles. The second-order valence-corrected chi connectivity index (χ2v) is 6.58. The maximum absolute atomic E-state index is 4.23. The van der Waals surface area contributed by atoms with Gasteiger partial charge in [0.15, 0.2) is 0 Å². The Kier molecular flexibility index (Phi) is 4.28. The van der Waals surface area contributed by atoms with Crippen LogP contribution in [0.5, 0.6) is 0 Å². The molecule has 1 N–H and O–H groups in total. The Bertz CT molecular complexity index is 820. The third-order valence-corrected chi connectivity index (χ3v) is 4.89. The number of fused-ring (bicyclic) bond motifs is 1. The first-order valence-electron chi connectivity index (χ1n) is 8.66. The van der Waals surface area contributed by atoms with Crippen LogP contribution in [0.2, 0.25) is 0 Å².